The first kappa shape index (κ1) is 14.0. The lowest BCUT2D eigenvalue weighted by Gasteiger charge is -2.27. The molecule has 2 N–H and O–H groups in total. The summed E-state index contributed by atoms with van der Waals surface area (Å²) in [5.41, 5.74) is 1.28. The topological polar surface area (TPSA) is 77.8 Å². The van der Waals surface area contributed by atoms with Crippen LogP contribution in [0.1, 0.15) is 17.5 Å². The van der Waals surface area contributed by atoms with E-state index >= 15 is 0 Å². The van der Waals surface area contributed by atoms with Gasteiger partial charge in [0.25, 0.3) is 0 Å². The van der Waals surface area contributed by atoms with Gasteiger partial charge in [0.1, 0.15) is 5.82 Å². The van der Waals surface area contributed by atoms with Gasteiger partial charge >= 0.3 is 12.1 Å². The third-order valence-corrected chi connectivity index (χ3v) is 3.32. The predicted molar refractivity (Wildman–Crippen MR) is 69.9 cm³/mol. The quantitative estimate of drug-likeness (QED) is 0.871. The highest BCUT2D eigenvalue weighted by Gasteiger charge is 2.28. The van der Waals surface area contributed by atoms with Crippen LogP contribution in [-0.2, 0) is 4.79 Å². The fourth-order valence-corrected chi connectivity index (χ4v) is 2.29. The average Bonchev–Trinajstić information content (AvgIpc) is 2.38. The first-order valence-electron chi connectivity index (χ1n) is 6.10. The molecule has 1 aliphatic rings. The second kappa shape index (κ2) is 5.32. The SMILES string of the molecule is Cc1ccc(C2=C(C(=O)O)CN(C(=O)O)CC2)c(F)c1. The number of halogens is 1. The van der Waals surface area contributed by atoms with E-state index in [0.29, 0.717) is 5.57 Å². The lowest BCUT2D eigenvalue weighted by Crippen LogP contribution is -2.37. The van der Waals surface area contributed by atoms with Gasteiger partial charge in [0.05, 0.1) is 12.1 Å². The number of rotatable bonds is 2. The van der Waals surface area contributed by atoms with Crippen molar-refractivity contribution in [3.05, 3.63) is 40.7 Å². The summed E-state index contributed by atoms with van der Waals surface area (Å²) in [4.78, 5) is 23.2. The highest BCUT2D eigenvalue weighted by Crippen LogP contribution is 2.30. The number of hydrogen-bond donors (Lipinski definition) is 2. The van der Waals surface area contributed by atoms with E-state index < -0.39 is 17.9 Å². The summed E-state index contributed by atoms with van der Waals surface area (Å²) in [6.07, 6.45) is -0.986. The van der Waals surface area contributed by atoms with E-state index in [1.54, 1.807) is 19.1 Å². The third-order valence-electron chi connectivity index (χ3n) is 3.32. The number of aryl methyl sites for hydroxylation is 1. The molecule has 0 radical (unpaired) electrons. The zero-order valence-electron chi connectivity index (χ0n) is 10.9. The molecule has 6 heteroatoms. The lowest BCUT2D eigenvalue weighted by atomic mass is 9.92. The van der Waals surface area contributed by atoms with Crippen molar-refractivity contribution in [2.45, 2.75) is 13.3 Å². The summed E-state index contributed by atoms with van der Waals surface area (Å²) in [6.45, 7) is 1.68. The van der Waals surface area contributed by atoms with E-state index in [4.69, 9.17) is 5.11 Å². The van der Waals surface area contributed by atoms with Crippen molar-refractivity contribution in [1.82, 2.24) is 4.90 Å². The Kier molecular flexibility index (Phi) is 3.74. The van der Waals surface area contributed by atoms with Gasteiger partial charge in [0.15, 0.2) is 0 Å². The third kappa shape index (κ3) is 2.64. The second-order valence-electron chi connectivity index (χ2n) is 4.70. The van der Waals surface area contributed by atoms with Gasteiger partial charge in [-0.25, -0.2) is 14.0 Å². The Morgan fingerprint density at radius 2 is 2.00 bits per heavy atom. The molecule has 0 unspecified atom stereocenters. The first-order valence-corrected chi connectivity index (χ1v) is 6.10. The lowest BCUT2D eigenvalue weighted by molar-refractivity contribution is -0.132. The maximum absolute atomic E-state index is 14.0. The van der Waals surface area contributed by atoms with E-state index in [-0.39, 0.29) is 30.6 Å². The van der Waals surface area contributed by atoms with Gasteiger partial charge in [0.2, 0.25) is 0 Å². The summed E-state index contributed by atoms with van der Waals surface area (Å²) >= 11 is 0. The van der Waals surface area contributed by atoms with Crippen molar-refractivity contribution in [2.75, 3.05) is 13.1 Å². The zero-order chi connectivity index (χ0) is 14.9. The zero-order valence-corrected chi connectivity index (χ0v) is 10.9. The Morgan fingerprint density at radius 1 is 1.30 bits per heavy atom. The molecule has 1 aliphatic heterocycles. The Labute approximate surface area is 114 Å². The number of hydrogen-bond acceptors (Lipinski definition) is 2. The highest BCUT2D eigenvalue weighted by molar-refractivity contribution is 5.98. The fourth-order valence-electron chi connectivity index (χ4n) is 2.29. The maximum atomic E-state index is 14.0. The Bertz CT molecular complexity index is 609. The van der Waals surface area contributed by atoms with Crippen molar-refractivity contribution in [1.29, 1.82) is 0 Å². The molecule has 0 spiro atoms. The van der Waals surface area contributed by atoms with E-state index in [9.17, 15) is 19.1 Å². The number of carboxylic acids is 1. The molecular formula is C14H14FNO4. The molecule has 106 valence electrons. The van der Waals surface area contributed by atoms with E-state index in [1.165, 1.54) is 6.07 Å². The number of aliphatic carboxylic acids is 1. The van der Waals surface area contributed by atoms with Crippen molar-refractivity contribution < 1.29 is 24.2 Å². The van der Waals surface area contributed by atoms with Gasteiger partial charge in [-0.05, 0) is 30.5 Å². The number of benzene rings is 1. The summed E-state index contributed by atoms with van der Waals surface area (Å²) in [7, 11) is 0. The van der Waals surface area contributed by atoms with Gasteiger partial charge in [-0.15, -0.1) is 0 Å². The predicted octanol–water partition coefficient (Wildman–Crippen LogP) is 2.36. The molecule has 0 saturated carbocycles. The van der Waals surface area contributed by atoms with Crippen molar-refractivity contribution in [3.63, 3.8) is 0 Å². The highest BCUT2D eigenvalue weighted by atomic mass is 19.1. The van der Waals surface area contributed by atoms with Gasteiger partial charge in [0, 0.05) is 12.1 Å². The molecule has 1 amide bonds. The largest absolute Gasteiger partial charge is 0.478 e. The van der Waals surface area contributed by atoms with E-state index in [1.807, 2.05) is 0 Å². The Balaban J connectivity index is 2.48. The van der Waals surface area contributed by atoms with Crippen LogP contribution in [-0.4, -0.2) is 40.3 Å². The smallest absolute Gasteiger partial charge is 0.407 e. The monoisotopic (exact) mass is 279 g/mol. The van der Waals surface area contributed by atoms with Crippen molar-refractivity contribution >= 4 is 17.6 Å². The standard InChI is InChI=1S/C14H14FNO4/c1-8-2-3-10(12(15)6-8)9-4-5-16(14(19)20)7-11(9)13(17)18/h2-3,6H,4-5,7H2,1H3,(H,17,18)(H,19,20). The van der Waals surface area contributed by atoms with Gasteiger partial charge in [-0.2, -0.15) is 0 Å². The van der Waals surface area contributed by atoms with Crippen LogP contribution in [0, 0.1) is 12.7 Å². The summed E-state index contributed by atoms with van der Waals surface area (Å²) in [6, 6.07) is 4.58. The minimum absolute atomic E-state index is 0.0681. The maximum Gasteiger partial charge on any atom is 0.407 e. The van der Waals surface area contributed by atoms with Crippen molar-refractivity contribution in [3.8, 4) is 0 Å². The molecule has 20 heavy (non-hydrogen) atoms. The molecule has 1 aromatic carbocycles. The number of nitrogens with zero attached hydrogens (tertiary/aromatic N) is 1. The van der Waals surface area contributed by atoms with Gasteiger partial charge in [-0.1, -0.05) is 12.1 Å². The Hall–Kier alpha value is -2.37. The molecule has 0 bridgehead atoms. The number of carbonyl (C=O) groups is 2. The van der Waals surface area contributed by atoms with E-state index in [0.717, 1.165) is 10.5 Å². The minimum Gasteiger partial charge on any atom is -0.478 e. The van der Waals surface area contributed by atoms with Gasteiger partial charge < -0.3 is 15.1 Å². The molecule has 2 rings (SSSR count). The van der Waals surface area contributed by atoms with Gasteiger partial charge in [-0.3, -0.25) is 0 Å². The molecule has 5 nitrogen and oxygen atoms in total. The Morgan fingerprint density at radius 3 is 2.55 bits per heavy atom. The molecule has 0 aromatic heterocycles. The second-order valence-corrected chi connectivity index (χ2v) is 4.70. The normalized spacial score (nSPS) is 15.4. The number of amides is 1. The van der Waals surface area contributed by atoms with Crippen LogP contribution in [0.25, 0.3) is 5.57 Å². The fraction of sp³-hybridized carbons (Fsp3) is 0.286. The summed E-state index contributed by atoms with van der Waals surface area (Å²) in [5.74, 6) is -1.70. The van der Waals surface area contributed by atoms with Crippen LogP contribution in [0.3, 0.4) is 0 Å². The number of carboxylic acid groups (broad SMARTS) is 2. The summed E-state index contributed by atoms with van der Waals surface area (Å²) < 4.78 is 14.0. The van der Waals surface area contributed by atoms with Crippen LogP contribution in [0.4, 0.5) is 9.18 Å². The molecule has 0 atom stereocenters. The molecular weight excluding hydrogens is 265 g/mol. The minimum atomic E-state index is -1.22. The average molecular weight is 279 g/mol. The van der Waals surface area contributed by atoms with Crippen molar-refractivity contribution in [2.24, 2.45) is 0 Å². The van der Waals surface area contributed by atoms with Crippen LogP contribution in [0.15, 0.2) is 23.8 Å². The molecule has 0 saturated heterocycles. The molecule has 0 fully saturated rings. The van der Waals surface area contributed by atoms with Crippen LogP contribution in [0.5, 0.6) is 0 Å². The van der Waals surface area contributed by atoms with Crippen LogP contribution < -0.4 is 0 Å². The molecule has 1 heterocycles. The van der Waals surface area contributed by atoms with Crippen LogP contribution in [0.2, 0.25) is 0 Å². The summed E-state index contributed by atoms with van der Waals surface area (Å²) in [5, 5.41) is 18.1. The molecule has 0 aliphatic carbocycles. The van der Waals surface area contributed by atoms with E-state index in [2.05, 4.69) is 0 Å². The van der Waals surface area contributed by atoms with Crippen LogP contribution >= 0.6 is 0 Å². The first-order chi connectivity index (χ1) is 9.40. The molecule has 1 aromatic rings.